The predicted octanol–water partition coefficient (Wildman–Crippen LogP) is 2.82. The van der Waals surface area contributed by atoms with Crippen LogP contribution in [-0.2, 0) is 20.9 Å². The maximum Gasteiger partial charge on any atom is 0.230 e. The fraction of sp³-hybridized carbons (Fsp3) is 0.300. The van der Waals surface area contributed by atoms with Gasteiger partial charge in [0.15, 0.2) is 0 Å². The second-order valence-electron chi connectivity index (χ2n) is 6.84. The Morgan fingerprint density at radius 1 is 1.11 bits per heavy atom. The SMILES string of the molecule is O=C1C[C@@H](C(=O)N2CC(OCc3ccc(F)cc3)C2)c2cc(F)ccc2N1. The number of hydrogen-bond donors (Lipinski definition) is 1. The van der Waals surface area contributed by atoms with Crippen molar-refractivity contribution < 1.29 is 23.1 Å². The maximum atomic E-state index is 13.6. The number of rotatable bonds is 4. The zero-order chi connectivity index (χ0) is 19.0. The molecule has 2 aromatic rings. The van der Waals surface area contributed by atoms with Crippen LogP contribution in [-0.4, -0.2) is 35.9 Å². The van der Waals surface area contributed by atoms with Crippen LogP contribution in [0.25, 0.3) is 0 Å². The highest BCUT2D eigenvalue weighted by Crippen LogP contribution is 2.35. The monoisotopic (exact) mass is 372 g/mol. The Morgan fingerprint density at radius 2 is 1.81 bits per heavy atom. The molecule has 2 aliphatic rings. The van der Waals surface area contributed by atoms with Gasteiger partial charge in [-0.1, -0.05) is 12.1 Å². The van der Waals surface area contributed by atoms with E-state index in [9.17, 15) is 18.4 Å². The molecule has 4 rings (SSSR count). The van der Waals surface area contributed by atoms with Crippen molar-refractivity contribution >= 4 is 17.5 Å². The van der Waals surface area contributed by atoms with Gasteiger partial charge in [-0.2, -0.15) is 0 Å². The normalized spacial score (nSPS) is 19.3. The number of benzene rings is 2. The highest BCUT2D eigenvalue weighted by molar-refractivity contribution is 6.01. The van der Waals surface area contributed by atoms with Crippen molar-refractivity contribution in [1.29, 1.82) is 0 Å². The molecule has 140 valence electrons. The predicted molar refractivity (Wildman–Crippen MR) is 93.9 cm³/mol. The fourth-order valence-corrected chi connectivity index (χ4v) is 3.39. The van der Waals surface area contributed by atoms with E-state index in [0.717, 1.165) is 5.56 Å². The Balaban J connectivity index is 1.36. The summed E-state index contributed by atoms with van der Waals surface area (Å²) >= 11 is 0. The van der Waals surface area contributed by atoms with Gasteiger partial charge in [-0.3, -0.25) is 9.59 Å². The van der Waals surface area contributed by atoms with Gasteiger partial charge in [-0.15, -0.1) is 0 Å². The molecule has 0 saturated carbocycles. The van der Waals surface area contributed by atoms with Crippen LogP contribution in [0.4, 0.5) is 14.5 Å². The Hall–Kier alpha value is -2.80. The maximum absolute atomic E-state index is 13.6. The molecule has 0 aromatic heterocycles. The van der Waals surface area contributed by atoms with Crippen LogP contribution in [0.2, 0.25) is 0 Å². The van der Waals surface area contributed by atoms with Gasteiger partial charge in [-0.05, 0) is 41.5 Å². The number of hydrogen-bond acceptors (Lipinski definition) is 3. The number of nitrogens with one attached hydrogen (secondary N) is 1. The second-order valence-corrected chi connectivity index (χ2v) is 6.84. The minimum atomic E-state index is -0.678. The van der Waals surface area contributed by atoms with Crippen molar-refractivity contribution in [3.05, 3.63) is 65.2 Å². The molecule has 2 amide bonds. The van der Waals surface area contributed by atoms with Crippen LogP contribution >= 0.6 is 0 Å². The van der Waals surface area contributed by atoms with Crippen molar-refractivity contribution in [3.63, 3.8) is 0 Å². The van der Waals surface area contributed by atoms with Crippen molar-refractivity contribution in [2.75, 3.05) is 18.4 Å². The lowest BCUT2D eigenvalue weighted by atomic mass is 9.88. The van der Waals surface area contributed by atoms with Crippen molar-refractivity contribution in [1.82, 2.24) is 4.90 Å². The Morgan fingerprint density at radius 3 is 2.56 bits per heavy atom. The molecule has 0 spiro atoms. The van der Waals surface area contributed by atoms with Crippen LogP contribution in [0.5, 0.6) is 0 Å². The van der Waals surface area contributed by atoms with Crippen LogP contribution in [0.15, 0.2) is 42.5 Å². The number of anilines is 1. The molecule has 1 atom stereocenters. The number of halogens is 2. The van der Waals surface area contributed by atoms with Crippen LogP contribution in [0.1, 0.15) is 23.5 Å². The highest BCUT2D eigenvalue weighted by Gasteiger charge is 2.39. The highest BCUT2D eigenvalue weighted by atomic mass is 19.1. The average Bonchev–Trinajstić information content (AvgIpc) is 2.61. The Labute approximate surface area is 154 Å². The van der Waals surface area contributed by atoms with E-state index >= 15 is 0 Å². The smallest absolute Gasteiger partial charge is 0.230 e. The van der Waals surface area contributed by atoms with Crippen molar-refractivity contribution in [3.8, 4) is 0 Å². The lowest BCUT2D eigenvalue weighted by Gasteiger charge is -2.41. The average molecular weight is 372 g/mol. The molecule has 2 aliphatic heterocycles. The van der Waals surface area contributed by atoms with E-state index in [1.54, 1.807) is 17.0 Å². The van der Waals surface area contributed by atoms with E-state index in [2.05, 4.69) is 5.32 Å². The molecule has 27 heavy (non-hydrogen) atoms. The summed E-state index contributed by atoms with van der Waals surface area (Å²) in [7, 11) is 0. The van der Waals surface area contributed by atoms with Crippen LogP contribution < -0.4 is 5.32 Å². The third-order valence-corrected chi connectivity index (χ3v) is 4.91. The number of likely N-dealkylation sites (tertiary alicyclic amines) is 1. The minimum Gasteiger partial charge on any atom is -0.370 e. The van der Waals surface area contributed by atoms with Gasteiger partial charge in [0.2, 0.25) is 11.8 Å². The second kappa shape index (κ2) is 7.08. The molecule has 0 bridgehead atoms. The van der Waals surface area contributed by atoms with Gasteiger partial charge in [-0.25, -0.2) is 8.78 Å². The van der Waals surface area contributed by atoms with E-state index in [4.69, 9.17) is 4.74 Å². The first-order chi connectivity index (χ1) is 13.0. The van der Waals surface area contributed by atoms with Gasteiger partial charge in [0.25, 0.3) is 0 Å². The van der Waals surface area contributed by atoms with Gasteiger partial charge >= 0.3 is 0 Å². The largest absolute Gasteiger partial charge is 0.370 e. The molecule has 0 radical (unpaired) electrons. The molecule has 7 heteroatoms. The number of amides is 2. The summed E-state index contributed by atoms with van der Waals surface area (Å²) in [6, 6.07) is 10.1. The molecule has 0 unspecified atom stereocenters. The molecule has 0 aliphatic carbocycles. The Kier molecular flexibility index (Phi) is 4.61. The van der Waals surface area contributed by atoms with Crippen LogP contribution in [0.3, 0.4) is 0 Å². The number of fused-ring (bicyclic) bond motifs is 1. The lowest BCUT2D eigenvalue weighted by molar-refractivity contribution is -0.148. The third kappa shape index (κ3) is 3.68. The molecule has 1 N–H and O–H groups in total. The molecule has 1 saturated heterocycles. The summed E-state index contributed by atoms with van der Waals surface area (Å²) in [4.78, 5) is 26.3. The van der Waals surface area contributed by atoms with Gasteiger partial charge in [0.1, 0.15) is 11.6 Å². The third-order valence-electron chi connectivity index (χ3n) is 4.91. The van der Waals surface area contributed by atoms with Gasteiger partial charge in [0.05, 0.1) is 18.6 Å². The van der Waals surface area contributed by atoms with E-state index in [1.807, 2.05) is 0 Å². The first-order valence-electron chi connectivity index (χ1n) is 8.74. The molecular formula is C20H18F2N2O3. The summed E-state index contributed by atoms with van der Waals surface area (Å²) in [5.74, 6) is -1.86. The summed E-state index contributed by atoms with van der Waals surface area (Å²) < 4.78 is 32.2. The Bertz CT molecular complexity index is 879. The summed E-state index contributed by atoms with van der Waals surface area (Å²) in [6.07, 6.45) is -0.101. The van der Waals surface area contributed by atoms with Crippen LogP contribution in [0, 0.1) is 11.6 Å². The summed E-state index contributed by atoms with van der Waals surface area (Å²) in [6.45, 7) is 1.18. The molecule has 1 fully saturated rings. The number of nitrogens with zero attached hydrogens (tertiary/aromatic N) is 1. The standard InChI is InChI=1S/C20H18F2N2O3/c21-13-3-1-12(2-4-13)11-27-15-9-24(10-15)20(26)17-8-19(25)23-18-6-5-14(22)7-16(17)18/h1-7,15,17H,8-11H2,(H,23,25)/t17-/m1/s1. The zero-order valence-corrected chi connectivity index (χ0v) is 14.5. The van der Waals surface area contributed by atoms with Gasteiger partial charge < -0.3 is 15.0 Å². The van der Waals surface area contributed by atoms with Crippen molar-refractivity contribution in [2.45, 2.75) is 25.0 Å². The zero-order valence-electron chi connectivity index (χ0n) is 14.5. The van der Waals surface area contributed by atoms with Crippen molar-refractivity contribution in [2.24, 2.45) is 0 Å². The lowest BCUT2D eigenvalue weighted by Crippen LogP contribution is -2.56. The molecule has 2 aromatic carbocycles. The number of ether oxygens (including phenoxy) is 1. The quantitative estimate of drug-likeness (QED) is 0.898. The van der Waals surface area contributed by atoms with E-state index in [-0.39, 0.29) is 30.2 Å². The molecular weight excluding hydrogens is 354 g/mol. The first kappa shape index (κ1) is 17.6. The molecule has 5 nitrogen and oxygen atoms in total. The topological polar surface area (TPSA) is 58.6 Å². The molecule has 2 heterocycles. The number of carbonyl (C=O) groups is 2. The number of carbonyl (C=O) groups excluding carboxylic acids is 2. The van der Waals surface area contributed by atoms with E-state index < -0.39 is 11.7 Å². The fourth-order valence-electron chi connectivity index (χ4n) is 3.39. The summed E-state index contributed by atoms with van der Waals surface area (Å²) in [5.41, 5.74) is 1.85. The van der Waals surface area contributed by atoms with E-state index in [1.165, 1.54) is 30.3 Å². The first-order valence-corrected chi connectivity index (χ1v) is 8.74. The van der Waals surface area contributed by atoms with E-state index in [0.29, 0.717) is 30.9 Å². The summed E-state index contributed by atoms with van der Waals surface area (Å²) in [5, 5.41) is 2.67. The minimum absolute atomic E-state index is 0.00684. The van der Waals surface area contributed by atoms with Gasteiger partial charge in [0, 0.05) is 25.2 Å².